The Bertz CT molecular complexity index is 1340. The second-order valence-electron chi connectivity index (χ2n) is 9.33. The van der Waals surface area contributed by atoms with Crippen LogP contribution in [0.2, 0.25) is 5.02 Å². The summed E-state index contributed by atoms with van der Waals surface area (Å²) in [5, 5.41) is 0.483. The summed E-state index contributed by atoms with van der Waals surface area (Å²) in [4.78, 5) is 28.6. The summed E-state index contributed by atoms with van der Waals surface area (Å²) < 4.78 is 71.8. The zero-order chi connectivity index (χ0) is 28.0. The first-order valence-corrected chi connectivity index (χ1v) is 13.5. The fraction of sp³-hybridized carbons (Fsp3) is 0.417. The molecule has 0 bridgehead atoms. The number of carbonyl (C=O) groups is 2. The summed E-state index contributed by atoms with van der Waals surface area (Å²) in [6.07, 6.45) is -6.47. The highest BCUT2D eigenvalue weighted by Gasteiger charge is 2.51. The number of halogens is 4. The molecule has 0 N–H and O–H groups in total. The zero-order valence-corrected chi connectivity index (χ0v) is 22.1. The van der Waals surface area contributed by atoms with Gasteiger partial charge in [-0.05, 0) is 43.7 Å². The Morgan fingerprint density at radius 3 is 2.39 bits per heavy atom. The molecule has 2 heterocycles. The van der Waals surface area contributed by atoms with Crippen molar-refractivity contribution in [3.05, 3.63) is 53.1 Å². The molecule has 202 valence electrons. The Labute approximate surface area is 224 Å². The van der Waals surface area contributed by atoms with Crippen molar-refractivity contribution >= 4 is 46.7 Å². The molecule has 2 radical (unpaired) electrons. The number of sulfonamides is 1. The van der Waals surface area contributed by atoms with E-state index < -0.39 is 45.1 Å². The van der Waals surface area contributed by atoms with Crippen LogP contribution in [0.5, 0.6) is 5.75 Å². The number of fused-ring (bicyclic) bond motifs is 1. The molecule has 14 heteroatoms. The van der Waals surface area contributed by atoms with Gasteiger partial charge in [0.05, 0.1) is 6.54 Å². The van der Waals surface area contributed by atoms with Gasteiger partial charge in [0.25, 0.3) is 0 Å². The van der Waals surface area contributed by atoms with E-state index >= 15 is 0 Å². The molecule has 8 nitrogen and oxygen atoms in total. The maximum Gasteiger partial charge on any atom is 0.573 e. The molecule has 0 spiro atoms. The Morgan fingerprint density at radius 1 is 1.13 bits per heavy atom. The number of nitrogens with zero attached hydrogens (tertiary/aromatic N) is 3. The number of rotatable bonds is 6. The topological polar surface area (TPSA) is 87.2 Å². The van der Waals surface area contributed by atoms with Gasteiger partial charge in [0.1, 0.15) is 30.7 Å². The SMILES string of the molecule is [B]c1ccc(S(=O)(=O)N2CCC(=O)N3C(Cc4ccc(Cl)cc4)C(=O)N(C(C)C)CC32)c(OC(F)(F)F)c1. The molecule has 0 saturated carbocycles. The molecule has 2 aromatic rings. The van der Waals surface area contributed by atoms with Gasteiger partial charge in [0, 0.05) is 30.5 Å². The lowest BCUT2D eigenvalue weighted by Crippen LogP contribution is -2.72. The van der Waals surface area contributed by atoms with Crippen molar-refractivity contribution in [1.82, 2.24) is 14.1 Å². The van der Waals surface area contributed by atoms with Crippen LogP contribution in [0.4, 0.5) is 13.2 Å². The fourth-order valence-electron chi connectivity index (χ4n) is 4.77. The number of piperazine rings is 1. The summed E-state index contributed by atoms with van der Waals surface area (Å²) in [5.41, 5.74) is 0.570. The van der Waals surface area contributed by atoms with Gasteiger partial charge < -0.3 is 14.5 Å². The monoisotopic (exact) mass is 569 g/mol. The third-order valence-electron chi connectivity index (χ3n) is 6.50. The van der Waals surface area contributed by atoms with Gasteiger partial charge >= 0.3 is 6.36 Å². The van der Waals surface area contributed by atoms with Gasteiger partial charge in [0.15, 0.2) is 0 Å². The fourth-order valence-corrected chi connectivity index (χ4v) is 6.56. The van der Waals surface area contributed by atoms with E-state index in [4.69, 9.17) is 19.4 Å². The van der Waals surface area contributed by atoms with E-state index in [0.29, 0.717) is 10.6 Å². The van der Waals surface area contributed by atoms with Gasteiger partial charge in [-0.3, -0.25) is 9.59 Å². The quantitative estimate of drug-likeness (QED) is 0.499. The smallest absolute Gasteiger partial charge is 0.404 e. The molecule has 2 fully saturated rings. The molecule has 38 heavy (non-hydrogen) atoms. The Morgan fingerprint density at radius 2 is 1.79 bits per heavy atom. The summed E-state index contributed by atoms with van der Waals surface area (Å²) in [6, 6.07) is 8.19. The van der Waals surface area contributed by atoms with Crippen LogP contribution in [0, 0.1) is 0 Å². The number of alkyl halides is 3. The average molecular weight is 570 g/mol. The predicted molar refractivity (Wildman–Crippen MR) is 133 cm³/mol. The molecular weight excluding hydrogens is 546 g/mol. The molecule has 2 aliphatic rings. The van der Waals surface area contributed by atoms with Crippen molar-refractivity contribution in [1.29, 1.82) is 0 Å². The van der Waals surface area contributed by atoms with Crippen LogP contribution in [0.3, 0.4) is 0 Å². The lowest BCUT2D eigenvalue weighted by atomic mass is 9.96. The van der Waals surface area contributed by atoms with Crippen molar-refractivity contribution in [2.45, 2.75) is 56.2 Å². The normalized spacial score (nSPS) is 21.1. The molecule has 2 aliphatic heterocycles. The lowest BCUT2D eigenvalue weighted by Gasteiger charge is -2.52. The second kappa shape index (κ2) is 10.4. The number of carbonyl (C=O) groups excluding carboxylic acids is 2. The molecule has 2 unspecified atom stereocenters. The van der Waals surface area contributed by atoms with Gasteiger partial charge in [-0.25, -0.2) is 8.42 Å². The first-order valence-electron chi connectivity index (χ1n) is 11.7. The number of hydrogen-bond donors (Lipinski definition) is 0. The highest BCUT2D eigenvalue weighted by molar-refractivity contribution is 7.89. The van der Waals surface area contributed by atoms with Crippen LogP contribution in [0.1, 0.15) is 25.8 Å². The van der Waals surface area contributed by atoms with Crippen LogP contribution in [0.15, 0.2) is 47.4 Å². The predicted octanol–water partition coefficient (Wildman–Crippen LogP) is 2.44. The summed E-state index contributed by atoms with van der Waals surface area (Å²) in [6.45, 7) is 3.08. The van der Waals surface area contributed by atoms with E-state index in [0.717, 1.165) is 22.5 Å². The third-order valence-corrected chi connectivity index (χ3v) is 8.69. The first-order chi connectivity index (χ1) is 17.7. The van der Waals surface area contributed by atoms with E-state index in [1.807, 2.05) is 0 Å². The van der Waals surface area contributed by atoms with Gasteiger partial charge in [0.2, 0.25) is 21.8 Å². The molecular formula is C24H24BClF3N3O5S. The van der Waals surface area contributed by atoms with Crippen molar-refractivity contribution in [2.24, 2.45) is 0 Å². The highest BCUT2D eigenvalue weighted by atomic mass is 35.5. The molecule has 0 aliphatic carbocycles. The van der Waals surface area contributed by atoms with Crippen molar-refractivity contribution < 1.29 is 35.9 Å². The Kier molecular flexibility index (Phi) is 7.75. The van der Waals surface area contributed by atoms with Crippen LogP contribution in [0.25, 0.3) is 0 Å². The number of hydrogen-bond acceptors (Lipinski definition) is 5. The van der Waals surface area contributed by atoms with Crippen LogP contribution in [-0.4, -0.2) is 79.9 Å². The molecule has 2 aromatic carbocycles. The maximum atomic E-state index is 13.8. The third kappa shape index (κ3) is 5.64. The molecule has 0 aromatic heterocycles. The minimum Gasteiger partial charge on any atom is -0.404 e. The summed E-state index contributed by atoms with van der Waals surface area (Å²) in [7, 11) is 0.958. The molecule has 2 atom stereocenters. The Balaban J connectivity index is 1.77. The Hall–Kier alpha value is -2.77. The highest BCUT2D eigenvalue weighted by Crippen LogP contribution is 2.36. The van der Waals surface area contributed by atoms with E-state index in [9.17, 15) is 31.2 Å². The lowest BCUT2D eigenvalue weighted by molar-refractivity contribution is -0.275. The zero-order valence-electron chi connectivity index (χ0n) is 20.5. The van der Waals surface area contributed by atoms with Gasteiger partial charge in [-0.2, -0.15) is 4.31 Å². The van der Waals surface area contributed by atoms with E-state index in [2.05, 4.69) is 4.74 Å². The van der Waals surface area contributed by atoms with Crippen molar-refractivity contribution in [3.8, 4) is 5.75 Å². The van der Waals surface area contributed by atoms with E-state index in [1.54, 1.807) is 38.1 Å². The van der Waals surface area contributed by atoms with Crippen molar-refractivity contribution in [2.75, 3.05) is 13.1 Å². The minimum atomic E-state index is -5.17. The molecule has 2 amide bonds. The van der Waals surface area contributed by atoms with Gasteiger partial charge in [-0.15, -0.1) is 13.2 Å². The van der Waals surface area contributed by atoms with Gasteiger partial charge in [-0.1, -0.05) is 35.3 Å². The average Bonchev–Trinajstić information content (AvgIpc) is 2.80. The molecule has 2 saturated heterocycles. The molecule has 4 rings (SSSR count). The van der Waals surface area contributed by atoms with E-state index in [-0.39, 0.29) is 43.3 Å². The standard InChI is InChI=1S/C24H24BClF3N3O5S/c1-14(2)30-13-21-31(38(35,36)20-8-5-16(25)12-19(20)37-24(27,28)29)10-9-22(33)32(21)18(23(30)34)11-15-3-6-17(26)7-4-15/h3-8,12,14,18,21H,9-11,13H2,1-2H3. The second-order valence-corrected chi connectivity index (χ2v) is 11.6. The van der Waals surface area contributed by atoms with E-state index in [1.165, 1.54) is 9.80 Å². The van der Waals surface area contributed by atoms with Crippen molar-refractivity contribution in [3.63, 3.8) is 0 Å². The number of ether oxygens (including phenoxy) is 1. The number of amides is 2. The van der Waals surface area contributed by atoms with Crippen LogP contribution in [-0.2, 0) is 26.0 Å². The maximum absolute atomic E-state index is 13.8. The van der Waals surface area contributed by atoms with Crippen LogP contribution < -0.4 is 10.2 Å². The first kappa shape index (κ1) is 28.2. The summed E-state index contributed by atoms with van der Waals surface area (Å²) >= 11 is 5.97. The number of benzene rings is 2. The summed E-state index contributed by atoms with van der Waals surface area (Å²) in [5.74, 6) is -1.76. The van der Waals surface area contributed by atoms with Crippen LogP contribution >= 0.6 is 11.6 Å². The largest absolute Gasteiger partial charge is 0.573 e. The minimum absolute atomic E-state index is 0.0969.